The highest BCUT2D eigenvalue weighted by Gasteiger charge is 2.07. The number of carboxylic acid groups (broad SMARTS) is 1. The van der Waals surface area contributed by atoms with Gasteiger partial charge in [-0.2, -0.15) is 0 Å². The van der Waals surface area contributed by atoms with Gasteiger partial charge in [-0.05, 0) is 12.1 Å². The van der Waals surface area contributed by atoms with E-state index in [2.05, 4.69) is 4.98 Å². The van der Waals surface area contributed by atoms with Crippen molar-refractivity contribution in [1.29, 1.82) is 0 Å². The molecule has 0 aliphatic heterocycles. The maximum atomic E-state index is 11.8. The zero-order chi connectivity index (χ0) is 14.0. The van der Waals surface area contributed by atoms with Crippen molar-refractivity contribution in [1.82, 2.24) is 14.1 Å². The number of carboxylic acids is 1. The van der Waals surface area contributed by atoms with Crippen LogP contribution in [0, 0.1) is 0 Å². The Bertz CT molecular complexity index is 728. The van der Waals surface area contributed by atoms with Crippen molar-refractivity contribution in [2.45, 2.75) is 6.54 Å². The Balaban J connectivity index is 2.37. The van der Waals surface area contributed by atoms with Gasteiger partial charge in [-0.15, -0.1) is 0 Å². The summed E-state index contributed by atoms with van der Waals surface area (Å²) in [5.74, 6) is -1.08. The summed E-state index contributed by atoms with van der Waals surface area (Å²) in [6, 6.07) is 4.14. The summed E-state index contributed by atoms with van der Waals surface area (Å²) in [6.45, 7) is 0.00620. The molecule has 2 rings (SSSR count). The molecular weight excluding hydrogens is 250 g/mol. The van der Waals surface area contributed by atoms with E-state index in [0.29, 0.717) is 5.69 Å². The Morgan fingerprint density at radius 1 is 1.32 bits per heavy atom. The Morgan fingerprint density at radius 3 is 2.63 bits per heavy atom. The van der Waals surface area contributed by atoms with Gasteiger partial charge in [0.1, 0.15) is 0 Å². The lowest BCUT2D eigenvalue weighted by Gasteiger charge is -2.06. The molecule has 2 heterocycles. The number of hydrogen-bond donors (Lipinski definition) is 1. The normalized spacial score (nSPS) is 10.4. The minimum Gasteiger partial charge on any atom is -0.478 e. The SMILES string of the molecule is Cn1ccc(=O)n(Cc2ccc(C(=O)O)cn2)c1=O. The molecule has 0 amide bonds. The summed E-state index contributed by atoms with van der Waals surface area (Å²) in [4.78, 5) is 38.0. The van der Waals surface area contributed by atoms with E-state index in [9.17, 15) is 14.4 Å². The molecule has 0 aromatic carbocycles. The molecule has 0 saturated carbocycles. The van der Waals surface area contributed by atoms with E-state index >= 15 is 0 Å². The quantitative estimate of drug-likeness (QED) is 0.817. The number of aryl methyl sites for hydroxylation is 1. The van der Waals surface area contributed by atoms with Crippen LogP contribution in [-0.2, 0) is 13.6 Å². The summed E-state index contributed by atoms with van der Waals surface area (Å²) >= 11 is 0. The second-order valence-corrected chi connectivity index (χ2v) is 3.98. The Labute approximate surface area is 107 Å². The molecule has 2 aromatic heterocycles. The summed E-state index contributed by atoms with van der Waals surface area (Å²) in [5, 5.41) is 8.74. The van der Waals surface area contributed by atoms with Crippen molar-refractivity contribution in [3.05, 3.63) is 62.7 Å². The third kappa shape index (κ3) is 2.59. The minimum absolute atomic E-state index is 0.00620. The van der Waals surface area contributed by atoms with Gasteiger partial charge in [-0.1, -0.05) is 0 Å². The summed E-state index contributed by atoms with van der Waals surface area (Å²) in [5.41, 5.74) is -0.378. The van der Waals surface area contributed by atoms with Crippen molar-refractivity contribution in [3.63, 3.8) is 0 Å². The van der Waals surface area contributed by atoms with E-state index < -0.39 is 17.2 Å². The molecule has 19 heavy (non-hydrogen) atoms. The maximum Gasteiger partial charge on any atom is 0.337 e. The van der Waals surface area contributed by atoms with E-state index in [1.54, 1.807) is 7.05 Å². The van der Waals surface area contributed by atoms with Crippen LogP contribution in [0.4, 0.5) is 0 Å². The average Bonchev–Trinajstić information content (AvgIpc) is 2.40. The average molecular weight is 261 g/mol. The number of aromatic carboxylic acids is 1. The van der Waals surface area contributed by atoms with E-state index in [1.807, 2.05) is 0 Å². The first-order valence-corrected chi connectivity index (χ1v) is 5.44. The van der Waals surface area contributed by atoms with Crippen LogP contribution in [0.5, 0.6) is 0 Å². The van der Waals surface area contributed by atoms with Crippen LogP contribution >= 0.6 is 0 Å². The van der Waals surface area contributed by atoms with Gasteiger partial charge >= 0.3 is 11.7 Å². The predicted molar refractivity (Wildman–Crippen MR) is 66.2 cm³/mol. The predicted octanol–water partition coefficient (Wildman–Crippen LogP) is -0.311. The Morgan fingerprint density at radius 2 is 2.05 bits per heavy atom. The maximum absolute atomic E-state index is 11.8. The first-order valence-electron chi connectivity index (χ1n) is 5.44. The fourth-order valence-electron chi connectivity index (χ4n) is 1.57. The number of nitrogens with zero attached hydrogens (tertiary/aromatic N) is 3. The lowest BCUT2D eigenvalue weighted by Crippen LogP contribution is -2.38. The van der Waals surface area contributed by atoms with Crippen molar-refractivity contribution < 1.29 is 9.90 Å². The van der Waals surface area contributed by atoms with Crippen LogP contribution in [0.15, 0.2) is 40.2 Å². The minimum atomic E-state index is -1.08. The van der Waals surface area contributed by atoms with Crippen LogP contribution in [0.2, 0.25) is 0 Å². The number of aromatic nitrogens is 3. The van der Waals surface area contributed by atoms with Crippen LogP contribution < -0.4 is 11.2 Å². The topological polar surface area (TPSA) is 94.2 Å². The second-order valence-electron chi connectivity index (χ2n) is 3.98. The number of pyridine rings is 1. The lowest BCUT2D eigenvalue weighted by atomic mass is 10.2. The highest BCUT2D eigenvalue weighted by atomic mass is 16.4. The van der Waals surface area contributed by atoms with Crippen molar-refractivity contribution in [2.24, 2.45) is 7.05 Å². The lowest BCUT2D eigenvalue weighted by molar-refractivity contribution is 0.0696. The summed E-state index contributed by atoms with van der Waals surface area (Å²) in [6.07, 6.45) is 2.58. The highest BCUT2D eigenvalue weighted by Crippen LogP contribution is 2.00. The van der Waals surface area contributed by atoms with E-state index in [4.69, 9.17) is 5.11 Å². The molecule has 2 aromatic rings. The first-order chi connectivity index (χ1) is 8.99. The molecule has 0 radical (unpaired) electrons. The third-order valence-electron chi connectivity index (χ3n) is 2.63. The van der Waals surface area contributed by atoms with E-state index in [-0.39, 0.29) is 12.1 Å². The molecule has 0 saturated heterocycles. The van der Waals surface area contributed by atoms with Gasteiger partial charge < -0.3 is 9.67 Å². The van der Waals surface area contributed by atoms with Gasteiger partial charge in [0, 0.05) is 25.5 Å². The van der Waals surface area contributed by atoms with Crippen LogP contribution in [0.1, 0.15) is 16.1 Å². The molecule has 0 bridgehead atoms. The molecule has 0 atom stereocenters. The zero-order valence-electron chi connectivity index (χ0n) is 10.1. The monoisotopic (exact) mass is 261 g/mol. The molecule has 0 unspecified atom stereocenters. The highest BCUT2D eigenvalue weighted by molar-refractivity contribution is 5.87. The van der Waals surface area contributed by atoms with Crippen molar-refractivity contribution in [3.8, 4) is 0 Å². The molecule has 7 heteroatoms. The third-order valence-corrected chi connectivity index (χ3v) is 2.63. The molecule has 0 spiro atoms. The standard InChI is InChI=1S/C12H11N3O4/c1-14-5-4-10(16)15(12(14)19)7-9-3-2-8(6-13-9)11(17)18/h2-6H,7H2,1H3,(H,17,18). The first kappa shape index (κ1) is 12.7. The van der Waals surface area contributed by atoms with Gasteiger partial charge in [-0.25, -0.2) is 9.59 Å². The second kappa shape index (κ2) is 4.89. The Kier molecular flexibility index (Phi) is 3.28. The smallest absolute Gasteiger partial charge is 0.337 e. The van der Waals surface area contributed by atoms with Crippen molar-refractivity contribution in [2.75, 3.05) is 0 Å². The number of rotatable bonds is 3. The summed E-state index contributed by atoms with van der Waals surface area (Å²) in [7, 11) is 1.54. The van der Waals surface area contributed by atoms with Gasteiger partial charge in [0.2, 0.25) is 0 Å². The molecule has 0 fully saturated rings. The van der Waals surface area contributed by atoms with Gasteiger partial charge in [0.15, 0.2) is 0 Å². The number of carbonyl (C=O) groups is 1. The molecular formula is C12H11N3O4. The van der Waals surface area contributed by atoms with Crippen LogP contribution in [-0.4, -0.2) is 25.2 Å². The summed E-state index contributed by atoms with van der Waals surface area (Å²) < 4.78 is 2.32. The number of hydrogen-bond acceptors (Lipinski definition) is 4. The van der Waals surface area contributed by atoms with Gasteiger partial charge in [0.05, 0.1) is 17.8 Å². The van der Waals surface area contributed by atoms with E-state index in [1.165, 1.54) is 35.2 Å². The zero-order valence-corrected chi connectivity index (χ0v) is 10.1. The van der Waals surface area contributed by atoms with E-state index in [0.717, 1.165) is 4.57 Å². The van der Waals surface area contributed by atoms with Crippen molar-refractivity contribution >= 4 is 5.97 Å². The molecule has 0 aliphatic carbocycles. The fraction of sp³-hybridized carbons (Fsp3) is 0.167. The van der Waals surface area contributed by atoms with Crippen LogP contribution in [0.3, 0.4) is 0 Å². The molecule has 1 N–H and O–H groups in total. The Hall–Kier alpha value is -2.70. The fourth-order valence-corrected chi connectivity index (χ4v) is 1.57. The molecule has 0 aliphatic rings. The van der Waals surface area contributed by atoms with Crippen LogP contribution in [0.25, 0.3) is 0 Å². The molecule has 7 nitrogen and oxygen atoms in total. The van der Waals surface area contributed by atoms with Gasteiger partial charge in [-0.3, -0.25) is 14.3 Å². The largest absolute Gasteiger partial charge is 0.478 e. The van der Waals surface area contributed by atoms with Gasteiger partial charge in [0.25, 0.3) is 5.56 Å². The molecule has 98 valence electrons.